The molecule has 0 N–H and O–H groups in total. The molecule has 1 aromatic rings. The van der Waals surface area contributed by atoms with Gasteiger partial charge in [-0.3, -0.25) is 9.69 Å². The number of allylic oxidation sites excluding steroid dienone is 2. The van der Waals surface area contributed by atoms with E-state index in [0.717, 1.165) is 55.7 Å². The standard InChI is InChI=1S/C17H19N3OS/c18-9-12-6-8-22-17(12)20-7-5-15(16(20)21)19-10-13-3-1-2-4-14(13)11-19/h1-2,6,8,13-15H,3-5,7,10-11H2/t13-,14+,15-/m0/s1. The monoisotopic (exact) mass is 313 g/mol. The molecule has 1 aliphatic carbocycles. The van der Waals surface area contributed by atoms with E-state index in [1.165, 1.54) is 11.3 Å². The van der Waals surface area contributed by atoms with Crippen LogP contribution in [0.3, 0.4) is 0 Å². The number of likely N-dealkylation sites (tertiary alicyclic amines) is 1. The third-order valence-corrected chi connectivity index (χ3v) is 6.21. The second-order valence-electron chi connectivity index (χ2n) is 6.46. The van der Waals surface area contributed by atoms with Crippen LogP contribution in [0.4, 0.5) is 5.00 Å². The number of anilines is 1. The van der Waals surface area contributed by atoms with E-state index in [2.05, 4.69) is 23.1 Å². The van der Waals surface area contributed by atoms with E-state index in [9.17, 15) is 10.1 Å². The van der Waals surface area contributed by atoms with E-state index in [1.807, 2.05) is 10.3 Å². The molecule has 2 aliphatic heterocycles. The molecule has 2 fully saturated rings. The molecule has 1 amide bonds. The second-order valence-corrected chi connectivity index (χ2v) is 7.36. The highest BCUT2D eigenvalue weighted by Gasteiger charge is 2.43. The molecule has 0 aromatic carbocycles. The first-order valence-corrected chi connectivity index (χ1v) is 8.84. The molecule has 4 nitrogen and oxygen atoms in total. The highest BCUT2D eigenvalue weighted by atomic mass is 32.1. The minimum absolute atomic E-state index is 0.0132. The van der Waals surface area contributed by atoms with Gasteiger partial charge in [-0.05, 0) is 42.5 Å². The maximum atomic E-state index is 12.8. The Kier molecular flexibility index (Phi) is 3.51. The van der Waals surface area contributed by atoms with Gasteiger partial charge < -0.3 is 4.90 Å². The van der Waals surface area contributed by atoms with Crippen LogP contribution in [0.1, 0.15) is 24.8 Å². The summed E-state index contributed by atoms with van der Waals surface area (Å²) < 4.78 is 0. The van der Waals surface area contributed by atoms with Gasteiger partial charge >= 0.3 is 0 Å². The Morgan fingerprint density at radius 2 is 1.95 bits per heavy atom. The molecular formula is C17H19N3OS. The highest BCUT2D eigenvalue weighted by Crippen LogP contribution is 2.37. The molecule has 1 aromatic heterocycles. The van der Waals surface area contributed by atoms with Crippen LogP contribution in [0.25, 0.3) is 0 Å². The number of hydrogen-bond acceptors (Lipinski definition) is 4. The topological polar surface area (TPSA) is 47.3 Å². The number of rotatable bonds is 2. The quantitative estimate of drug-likeness (QED) is 0.789. The highest BCUT2D eigenvalue weighted by molar-refractivity contribution is 7.14. The Morgan fingerprint density at radius 1 is 1.23 bits per heavy atom. The minimum Gasteiger partial charge on any atom is -0.301 e. The molecule has 114 valence electrons. The van der Waals surface area contributed by atoms with Crippen molar-refractivity contribution < 1.29 is 4.79 Å². The maximum absolute atomic E-state index is 12.8. The summed E-state index contributed by atoms with van der Waals surface area (Å²) in [7, 11) is 0. The van der Waals surface area contributed by atoms with Gasteiger partial charge in [0.15, 0.2) is 0 Å². The van der Waals surface area contributed by atoms with Crippen LogP contribution < -0.4 is 4.90 Å². The first-order chi connectivity index (χ1) is 10.8. The van der Waals surface area contributed by atoms with Crippen LogP contribution in [-0.4, -0.2) is 36.5 Å². The van der Waals surface area contributed by atoms with Gasteiger partial charge in [-0.15, -0.1) is 11.3 Å². The average molecular weight is 313 g/mol. The summed E-state index contributed by atoms with van der Waals surface area (Å²) in [5.74, 6) is 1.64. The van der Waals surface area contributed by atoms with E-state index < -0.39 is 0 Å². The zero-order valence-corrected chi connectivity index (χ0v) is 13.3. The summed E-state index contributed by atoms with van der Waals surface area (Å²) in [5.41, 5.74) is 0.623. The maximum Gasteiger partial charge on any atom is 0.245 e. The zero-order valence-electron chi connectivity index (χ0n) is 12.4. The van der Waals surface area contributed by atoms with Crippen LogP contribution in [0.2, 0.25) is 0 Å². The van der Waals surface area contributed by atoms with Crippen LogP contribution in [-0.2, 0) is 4.79 Å². The SMILES string of the molecule is N#Cc1ccsc1N1CC[C@H](N2C[C@H]3CC=CC[C@H]3C2)C1=O. The van der Waals surface area contributed by atoms with Crippen molar-refractivity contribution in [3.8, 4) is 6.07 Å². The fraction of sp³-hybridized carbons (Fsp3) is 0.529. The van der Waals surface area contributed by atoms with Crippen molar-refractivity contribution in [1.82, 2.24) is 4.90 Å². The minimum atomic E-state index is 0.0132. The predicted molar refractivity (Wildman–Crippen MR) is 86.7 cm³/mol. The fourth-order valence-corrected chi connectivity index (χ4v) is 4.99. The van der Waals surface area contributed by atoms with Gasteiger partial charge in [0.05, 0.1) is 11.6 Å². The molecule has 2 saturated heterocycles. The Hall–Kier alpha value is -1.64. The van der Waals surface area contributed by atoms with Gasteiger partial charge in [-0.1, -0.05) is 12.2 Å². The number of nitrogens with zero attached hydrogens (tertiary/aromatic N) is 3. The molecule has 3 heterocycles. The van der Waals surface area contributed by atoms with Crippen molar-refractivity contribution in [3.63, 3.8) is 0 Å². The Labute approximate surface area is 134 Å². The first-order valence-electron chi connectivity index (χ1n) is 7.96. The molecular weight excluding hydrogens is 294 g/mol. The number of hydrogen-bond donors (Lipinski definition) is 0. The summed E-state index contributed by atoms with van der Waals surface area (Å²) in [6, 6.07) is 4.01. The average Bonchev–Trinajstić information content (AvgIpc) is 3.23. The largest absolute Gasteiger partial charge is 0.301 e. The van der Waals surface area contributed by atoms with Crippen molar-refractivity contribution in [2.45, 2.75) is 25.3 Å². The zero-order chi connectivity index (χ0) is 15.1. The van der Waals surface area contributed by atoms with E-state index in [4.69, 9.17) is 0 Å². The van der Waals surface area contributed by atoms with Crippen LogP contribution in [0.15, 0.2) is 23.6 Å². The van der Waals surface area contributed by atoms with Crippen LogP contribution in [0, 0.1) is 23.2 Å². The smallest absolute Gasteiger partial charge is 0.245 e. The lowest BCUT2D eigenvalue weighted by molar-refractivity contribution is -0.121. The number of fused-ring (bicyclic) bond motifs is 1. The summed E-state index contributed by atoms with van der Waals surface area (Å²) in [6.07, 6.45) is 7.79. The second kappa shape index (κ2) is 5.53. The van der Waals surface area contributed by atoms with E-state index >= 15 is 0 Å². The molecule has 0 saturated carbocycles. The van der Waals surface area contributed by atoms with Crippen molar-refractivity contribution >= 4 is 22.2 Å². The van der Waals surface area contributed by atoms with Crippen molar-refractivity contribution in [2.24, 2.45) is 11.8 Å². The van der Waals surface area contributed by atoms with Crippen molar-refractivity contribution in [3.05, 3.63) is 29.2 Å². The van der Waals surface area contributed by atoms with E-state index in [1.54, 1.807) is 6.07 Å². The third kappa shape index (κ3) is 2.18. The molecule has 0 radical (unpaired) electrons. The van der Waals surface area contributed by atoms with E-state index in [0.29, 0.717) is 5.56 Å². The molecule has 3 aliphatic rings. The Bertz CT molecular complexity index is 643. The molecule has 0 spiro atoms. The lowest BCUT2D eigenvalue weighted by Crippen LogP contribution is -2.40. The van der Waals surface area contributed by atoms with Gasteiger partial charge in [0, 0.05) is 19.6 Å². The molecule has 22 heavy (non-hydrogen) atoms. The molecule has 5 heteroatoms. The number of carbonyl (C=O) groups excluding carboxylic acids is 1. The summed E-state index contributed by atoms with van der Waals surface area (Å²) in [5, 5.41) is 11.9. The molecule has 0 bridgehead atoms. The summed E-state index contributed by atoms with van der Waals surface area (Å²) in [6.45, 7) is 2.84. The van der Waals surface area contributed by atoms with Gasteiger partial charge in [-0.25, -0.2) is 0 Å². The number of thiophene rings is 1. The van der Waals surface area contributed by atoms with Gasteiger partial charge in [0.25, 0.3) is 0 Å². The summed E-state index contributed by atoms with van der Waals surface area (Å²) in [4.78, 5) is 17.1. The normalized spacial score (nSPS) is 31.5. The molecule has 4 rings (SSSR count). The Morgan fingerprint density at radius 3 is 2.64 bits per heavy atom. The third-order valence-electron chi connectivity index (χ3n) is 5.28. The predicted octanol–water partition coefficient (Wildman–Crippen LogP) is 2.62. The van der Waals surface area contributed by atoms with Crippen molar-refractivity contribution in [2.75, 3.05) is 24.5 Å². The first kappa shape index (κ1) is 14.0. The fourth-order valence-electron chi connectivity index (χ4n) is 4.11. The molecule has 3 atom stereocenters. The number of amides is 1. The summed E-state index contributed by atoms with van der Waals surface area (Å²) >= 11 is 1.49. The van der Waals surface area contributed by atoms with Crippen LogP contribution in [0.5, 0.6) is 0 Å². The van der Waals surface area contributed by atoms with Gasteiger partial charge in [0.1, 0.15) is 11.1 Å². The lowest BCUT2D eigenvalue weighted by atomic mass is 9.86. The number of carbonyl (C=O) groups is 1. The molecule has 0 unspecified atom stereocenters. The Balaban J connectivity index is 1.50. The number of nitriles is 1. The van der Waals surface area contributed by atoms with Gasteiger partial charge in [0.2, 0.25) is 5.91 Å². The van der Waals surface area contributed by atoms with E-state index in [-0.39, 0.29) is 11.9 Å². The van der Waals surface area contributed by atoms with Gasteiger partial charge in [-0.2, -0.15) is 5.26 Å². The lowest BCUT2D eigenvalue weighted by Gasteiger charge is -2.23. The van der Waals surface area contributed by atoms with Crippen LogP contribution >= 0.6 is 11.3 Å². The van der Waals surface area contributed by atoms with Crippen molar-refractivity contribution in [1.29, 1.82) is 5.26 Å².